The van der Waals surface area contributed by atoms with Crippen molar-refractivity contribution in [1.82, 2.24) is 14.3 Å². The average molecular weight is 287 g/mol. The van der Waals surface area contributed by atoms with E-state index >= 15 is 0 Å². The van der Waals surface area contributed by atoms with Crippen LogP contribution in [0.4, 0.5) is 0 Å². The maximum Gasteiger partial charge on any atom is 0.274 e. The van der Waals surface area contributed by atoms with Gasteiger partial charge in [0.05, 0.1) is 11.1 Å². The number of pyridine rings is 1. The van der Waals surface area contributed by atoms with Gasteiger partial charge in [-0.1, -0.05) is 6.07 Å². The van der Waals surface area contributed by atoms with E-state index in [0.717, 1.165) is 24.2 Å². The minimum absolute atomic E-state index is 0.146. The molecular weight excluding hydrogens is 266 g/mol. The Bertz CT molecular complexity index is 680. The Hall–Kier alpha value is -1.88. The summed E-state index contributed by atoms with van der Waals surface area (Å²) in [6, 6.07) is 5.79. The molecule has 0 aromatic carbocycles. The first kappa shape index (κ1) is 14.1. The lowest BCUT2D eigenvalue weighted by atomic mass is 10.1. The van der Waals surface area contributed by atoms with Gasteiger partial charge in [0.1, 0.15) is 5.82 Å². The minimum atomic E-state index is -0.917. The summed E-state index contributed by atoms with van der Waals surface area (Å²) in [5.74, 6) is 1.30. The summed E-state index contributed by atoms with van der Waals surface area (Å²) >= 11 is 0. The number of hydrogen-bond donors (Lipinski definition) is 1. The molecule has 1 aliphatic carbocycles. The van der Waals surface area contributed by atoms with Crippen LogP contribution in [-0.2, 0) is 0 Å². The molecule has 2 aromatic heterocycles. The minimum Gasteiger partial charge on any atom is -0.389 e. The number of fused-ring (bicyclic) bond motifs is 1. The van der Waals surface area contributed by atoms with Crippen LogP contribution in [-0.4, -0.2) is 44.5 Å². The normalized spacial score (nSPS) is 15.4. The predicted octanol–water partition coefficient (Wildman–Crippen LogP) is 2.05. The smallest absolute Gasteiger partial charge is 0.274 e. The Morgan fingerprint density at radius 3 is 2.81 bits per heavy atom. The van der Waals surface area contributed by atoms with Gasteiger partial charge in [-0.05, 0) is 38.8 Å². The number of nitrogens with zero attached hydrogens (tertiary/aromatic N) is 3. The monoisotopic (exact) mass is 287 g/mol. The Kier molecular flexibility index (Phi) is 3.24. The van der Waals surface area contributed by atoms with E-state index in [9.17, 15) is 9.90 Å². The van der Waals surface area contributed by atoms with Gasteiger partial charge in [-0.2, -0.15) is 0 Å². The number of aliphatic hydroxyl groups is 1. The lowest BCUT2D eigenvalue weighted by molar-refractivity contribution is 0.0366. The number of imidazole rings is 1. The van der Waals surface area contributed by atoms with E-state index in [1.807, 2.05) is 28.8 Å². The van der Waals surface area contributed by atoms with Crippen LogP contribution in [0.25, 0.3) is 5.52 Å². The Labute approximate surface area is 124 Å². The highest BCUT2D eigenvalue weighted by Gasteiger charge is 2.31. The first-order chi connectivity index (χ1) is 9.87. The van der Waals surface area contributed by atoms with Crippen molar-refractivity contribution < 1.29 is 9.90 Å². The lowest BCUT2D eigenvalue weighted by Crippen LogP contribution is -2.39. The fourth-order valence-electron chi connectivity index (χ4n) is 2.68. The molecule has 2 heterocycles. The lowest BCUT2D eigenvalue weighted by Gasteiger charge is -2.25. The standard InChI is InChI=1S/C16H21N3O2/c1-16(2,21)10-18(3)15(20)13-12-6-4-5-9-19(12)14(17-13)11-7-8-11/h4-6,9,11,21H,7-8,10H2,1-3H3. The second-order valence-electron chi connectivity index (χ2n) is 6.52. The zero-order valence-corrected chi connectivity index (χ0v) is 12.7. The van der Waals surface area contributed by atoms with E-state index in [-0.39, 0.29) is 12.5 Å². The van der Waals surface area contributed by atoms with Crippen molar-refractivity contribution in [3.63, 3.8) is 0 Å². The molecule has 5 heteroatoms. The third-order valence-electron chi connectivity index (χ3n) is 3.69. The Morgan fingerprint density at radius 2 is 2.19 bits per heavy atom. The summed E-state index contributed by atoms with van der Waals surface area (Å²) in [5.41, 5.74) is 0.399. The quantitative estimate of drug-likeness (QED) is 0.936. The van der Waals surface area contributed by atoms with E-state index < -0.39 is 5.60 Å². The van der Waals surface area contributed by atoms with Crippen LogP contribution < -0.4 is 0 Å². The molecular formula is C16H21N3O2. The maximum absolute atomic E-state index is 12.6. The van der Waals surface area contributed by atoms with Gasteiger partial charge in [0.25, 0.3) is 5.91 Å². The van der Waals surface area contributed by atoms with Crippen LogP contribution in [0.1, 0.15) is 48.9 Å². The van der Waals surface area contributed by atoms with Gasteiger partial charge >= 0.3 is 0 Å². The molecule has 5 nitrogen and oxygen atoms in total. The van der Waals surface area contributed by atoms with Crippen LogP contribution in [0.2, 0.25) is 0 Å². The van der Waals surface area contributed by atoms with Gasteiger partial charge in [0, 0.05) is 25.7 Å². The Balaban J connectivity index is 1.98. The summed E-state index contributed by atoms with van der Waals surface area (Å²) in [7, 11) is 1.70. The largest absolute Gasteiger partial charge is 0.389 e. The molecule has 0 bridgehead atoms. The number of likely N-dealkylation sites (N-methyl/N-ethyl adjacent to an activating group) is 1. The van der Waals surface area contributed by atoms with Gasteiger partial charge < -0.3 is 14.4 Å². The molecule has 1 N–H and O–H groups in total. The van der Waals surface area contributed by atoms with Crippen molar-refractivity contribution in [2.75, 3.05) is 13.6 Å². The van der Waals surface area contributed by atoms with Crippen LogP contribution in [0.15, 0.2) is 24.4 Å². The second kappa shape index (κ2) is 4.84. The molecule has 0 radical (unpaired) electrons. The van der Waals surface area contributed by atoms with Crippen LogP contribution in [0.5, 0.6) is 0 Å². The fourth-order valence-corrected chi connectivity index (χ4v) is 2.68. The van der Waals surface area contributed by atoms with Gasteiger partial charge in [0.2, 0.25) is 0 Å². The first-order valence-corrected chi connectivity index (χ1v) is 7.31. The molecule has 21 heavy (non-hydrogen) atoms. The first-order valence-electron chi connectivity index (χ1n) is 7.31. The topological polar surface area (TPSA) is 57.8 Å². The van der Waals surface area contributed by atoms with Crippen LogP contribution in [0.3, 0.4) is 0 Å². The van der Waals surface area contributed by atoms with Gasteiger partial charge in [0.15, 0.2) is 5.69 Å². The molecule has 1 amide bonds. The number of amides is 1. The number of hydrogen-bond acceptors (Lipinski definition) is 3. The fraction of sp³-hybridized carbons (Fsp3) is 0.500. The van der Waals surface area contributed by atoms with Crippen molar-refractivity contribution in [1.29, 1.82) is 0 Å². The van der Waals surface area contributed by atoms with E-state index in [4.69, 9.17) is 0 Å². The molecule has 1 fully saturated rings. The zero-order chi connectivity index (χ0) is 15.2. The molecule has 1 saturated carbocycles. The number of rotatable bonds is 4. The summed E-state index contributed by atoms with van der Waals surface area (Å²) < 4.78 is 2.02. The van der Waals surface area contributed by atoms with Crippen LogP contribution >= 0.6 is 0 Å². The highest BCUT2D eigenvalue weighted by atomic mass is 16.3. The molecule has 2 aromatic rings. The molecule has 3 rings (SSSR count). The van der Waals surface area contributed by atoms with E-state index in [1.54, 1.807) is 20.9 Å². The summed E-state index contributed by atoms with van der Waals surface area (Å²) in [4.78, 5) is 18.8. The van der Waals surface area contributed by atoms with Crippen molar-refractivity contribution >= 4 is 11.4 Å². The number of carbonyl (C=O) groups excluding carboxylic acids is 1. The molecule has 0 spiro atoms. The molecule has 1 aliphatic rings. The SMILES string of the molecule is CN(CC(C)(C)O)C(=O)c1nc(C2CC2)n2ccccc12. The second-order valence-corrected chi connectivity index (χ2v) is 6.52. The van der Waals surface area contributed by atoms with Crippen molar-refractivity contribution in [2.45, 2.75) is 38.2 Å². The van der Waals surface area contributed by atoms with Gasteiger partial charge in [-0.3, -0.25) is 4.79 Å². The molecule has 0 atom stereocenters. The van der Waals surface area contributed by atoms with Gasteiger partial charge in [-0.15, -0.1) is 0 Å². The van der Waals surface area contributed by atoms with E-state index in [1.165, 1.54) is 4.90 Å². The van der Waals surface area contributed by atoms with Crippen molar-refractivity contribution in [3.8, 4) is 0 Å². The van der Waals surface area contributed by atoms with E-state index in [2.05, 4.69) is 4.98 Å². The van der Waals surface area contributed by atoms with E-state index in [0.29, 0.717) is 11.6 Å². The molecule has 0 aliphatic heterocycles. The van der Waals surface area contributed by atoms with Crippen molar-refractivity contribution in [3.05, 3.63) is 35.9 Å². The Morgan fingerprint density at radius 1 is 1.48 bits per heavy atom. The highest BCUT2D eigenvalue weighted by molar-refractivity contribution is 5.99. The summed E-state index contributed by atoms with van der Waals surface area (Å²) in [6.07, 6.45) is 4.24. The number of carbonyl (C=O) groups is 1. The summed E-state index contributed by atoms with van der Waals surface area (Å²) in [5, 5.41) is 9.88. The van der Waals surface area contributed by atoms with Crippen LogP contribution in [0, 0.1) is 0 Å². The maximum atomic E-state index is 12.6. The molecule has 0 unspecified atom stereocenters. The highest BCUT2D eigenvalue weighted by Crippen LogP contribution is 2.40. The number of aromatic nitrogens is 2. The third-order valence-corrected chi connectivity index (χ3v) is 3.69. The zero-order valence-electron chi connectivity index (χ0n) is 12.7. The predicted molar refractivity (Wildman–Crippen MR) is 80.4 cm³/mol. The summed E-state index contributed by atoms with van der Waals surface area (Å²) in [6.45, 7) is 3.66. The third kappa shape index (κ3) is 2.78. The molecule has 112 valence electrons. The van der Waals surface area contributed by atoms with Crippen molar-refractivity contribution in [2.24, 2.45) is 0 Å². The average Bonchev–Trinajstić information content (AvgIpc) is 3.17. The molecule has 0 saturated heterocycles. The van der Waals surface area contributed by atoms with Gasteiger partial charge in [-0.25, -0.2) is 4.98 Å².